The van der Waals surface area contributed by atoms with Crippen LogP contribution in [0.3, 0.4) is 0 Å². The van der Waals surface area contributed by atoms with E-state index in [1.807, 2.05) is 6.07 Å². The Balaban J connectivity index is 3.54. The molecule has 3 nitrogen and oxygen atoms in total. The topological polar surface area (TPSA) is 64.2 Å². The summed E-state index contributed by atoms with van der Waals surface area (Å²) in [5.41, 5.74) is 0.727. The lowest BCUT2D eigenvalue weighted by atomic mass is 10.1. The maximum atomic E-state index is 9.11. The van der Waals surface area contributed by atoms with Crippen molar-refractivity contribution in [2.45, 2.75) is 6.92 Å². The molecule has 1 rings (SSSR count). The zero-order chi connectivity index (χ0) is 9.30. The van der Waals surface area contributed by atoms with Gasteiger partial charge in [0.15, 0.2) is 11.5 Å². The highest BCUT2D eigenvalue weighted by molar-refractivity contribution is 6.33. The van der Waals surface area contributed by atoms with E-state index in [1.165, 1.54) is 6.07 Å². The van der Waals surface area contributed by atoms with Crippen molar-refractivity contribution in [1.29, 1.82) is 5.26 Å². The van der Waals surface area contributed by atoms with Crippen molar-refractivity contribution in [1.82, 2.24) is 0 Å². The van der Waals surface area contributed by atoms with Crippen LogP contribution in [0.1, 0.15) is 11.1 Å². The van der Waals surface area contributed by atoms with Crippen LogP contribution in [0.5, 0.6) is 11.5 Å². The fourth-order valence-corrected chi connectivity index (χ4v) is 1.17. The minimum absolute atomic E-state index is 0.102. The number of hydrogen-bond acceptors (Lipinski definition) is 3. The van der Waals surface area contributed by atoms with Gasteiger partial charge in [-0.25, -0.2) is 0 Å². The third-order valence-corrected chi connectivity index (χ3v) is 1.90. The molecule has 0 aliphatic heterocycles. The van der Waals surface area contributed by atoms with Crippen LogP contribution in [0.15, 0.2) is 6.07 Å². The summed E-state index contributed by atoms with van der Waals surface area (Å²) < 4.78 is 0. The third kappa shape index (κ3) is 1.17. The molecule has 0 saturated heterocycles. The monoisotopic (exact) mass is 183 g/mol. The molecule has 0 radical (unpaired) electrons. The summed E-state index contributed by atoms with van der Waals surface area (Å²) in [6.07, 6.45) is 0. The van der Waals surface area contributed by atoms with E-state index in [9.17, 15) is 0 Å². The van der Waals surface area contributed by atoms with Gasteiger partial charge in [0.1, 0.15) is 11.1 Å². The van der Waals surface area contributed by atoms with Crippen LogP contribution in [0.2, 0.25) is 5.02 Å². The molecule has 0 fully saturated rings. The number of phenols is 2. The molecule has 0 heterocycles. The SMILES string of the molecule is Cc1cc(O)c(O)c(Cl)c1C#N. The van der Waals surface area contributed by atoms with Crippen LogP contribution in [0.25, 0.3) is 0 Å². The maximum absolute atomic E-state index is 9.11. The minimum Gasteiger partial charge on any atom is -0.504 e. The second-order valence-electron chi connectivity index (χ2n) is 2.36. The molecule has 0 atom stereocenters. The second kappa shape index (κ2) is 2.92. The van der Waals surface area contributed by atoms with Crippen molar-refractivity contribution >= 4 is 11.6 Å². The molecule has 0 saturated carbocycles. The number of nitriles is 1. The molecular formula is C8H6ClNO2. The van der Waals surface area contributed by atoms with E-state index in [-0.39, 0.29) is 16.3 Å². The summed E-state index contributed by atoms with van der Waals surface area (Å²) in [5.74, 6) is -0.754. The highest BCUT2D eigenvalue weighted by Crippen LogP contribution is 2.37. The number of benzene rings is 1. The Hall–Kier alpha value is -1.40. The van der Waals surface area contributed by atoms with E-state index in [0.717, 1.165) is 0 Å². The zero-order valence-corrected chi connectivity index (χ0v) is 7.05. The van der Waals surface area contributed by atoms with E-state index in [4.69, 9.17) is 27.1 Å². The van der Waals surface area contributed by atoms with E-state index in [1.54, 1.807) is 6.92 Å². The smallest absolute Gasteiger partial charge is 0.177 e. The zero-order valence-electron chi connectivity index (χ0n) is 6.30. The van der Waals surface area contributed by atoms with E-state index in [0.29, 0.717) is 5.56 Å². The van der Waals surface area contributed by atoms with Gasteiger partial charge in [0.05, 0.1) is 5.56 Å². The molecule has 0 unspecified atom stereocenters. The van der Waals surface area contributed by atoms with Crippen LogP contribution in [-0.2, 0) is 0 Å². The Morgan fingerprint density at radius 2 is 2.08 bits per heavy atom. The van der Waals surface area contributed by atoms with Gasteiger partial charge in [-0.15, -0.1) is 0 Å². The quantitative estimate of drug-likeness (QED) is 0.604. The molecule has 0 aromatic heterocycles. The van der Waals surface area contributed by atoms with Crippen molar-refractivity contribution in [3.63, 3.8) is 0 Å². The molecule has 0 bridgehead atoms. The first kappa shape index (κ1) is 8.69. The minimum atomic E-state index is -0.446. The summed E-state index contributed by atoms with van der Waals surface area (Å²) in [7, 11) is 0. The average Bonchev–Trinajstić information content (AvgIpc) is 2.01. The Bertz CT molecular complexity index is 368. The third-order valence-electron chi connectivity index (χ3n) is 1.53. The summed E-state index contributed by atoms with van der Waals surface area (Å²) in [6.45, 7) is 1.63. The number of aryl methyl sites for hydroxylation is 1. The van der Waals surface area contributed by atoms with Crippen molar-refractivity contribution in [2.24, 2.45) is 0 Å². The van der Waals surface area contributed by atoms with Gasteiger partial charge in [-0.2, -0.15) is 5.26 Å². The molecule has 1 aromatic rings. The lowest BCUT2D eigenvalue weighted by Crippen LogP contribution is -1.84. The first-order valence-electron chi connectivity index (χ1n) is 3.19. The number of halogens is 1. The number of aromatic hydroxyl groups is 2. The summed E-state index contributed by atoms with van der Waals surface area (Å²) in [5, 5.41) is 26.7. The van der Waals surface area contributed by atoms with Crippen LogP contribution < -0.4 is 0 Å². The Morgan fingerprint density at radius 3 is 2.58 bits per heavy atom. The first-order chi connectivity index (χ1) is 5.57. The first-order valence-corrected chi connectivity index (χ1v) is 3.57. The molecule has 0 aliphatic rings. The molecule has 0 aliphatic carbocycles. The van der Waals surface area contributed by atoms with Crippen molar-refractivity contribution in [2.75, 3.05) is 0 Å². The number of phenolic OH excluding ortho intramolecular Hbond substituents is 2. The van der Waals surface area contributed by atoms with E-state index < -0.39 is 5.75 Å². The molecule has 1 aromatic carbocycles. The average molecular weight is 184 g/mol. The standard InChI is InChI=1S/C8H6ClNO2/c1-4-2-6(11)8(12)7(9)5(4)3-10/h2,11-12H,1H3. The molecule has 0 spiro atoms. The van der Waals surface area contributed by atoms with Crippen molar-refractivity contribution < 1.29 is 10.2 Å². The molecule has 2 N–H and O–H groups in total. The number of nitrogens with zero attached hydrogens (tertiary/aromatic N) is 1. The fourth-order valence-electron chi connectivity index (χ4n) is 0.887. The van der Waals surface area contributed by atoms with Gasteiger partial charge in [-0.05, 0) is 18.6 Å². The Kier molecular flexibility index (Phi) is 2.11. The highest BCUT2D eigenvalue weighted by Gasteiger charge is 2.12. The number of rotatable bonds is 0. The van der Waals surface area contributed by atoms with Crippen molar-refractivity contribution in [3.05, 3.63) is 22.2 Å². The van der Waals surface area contributed by atoms with E-state index >= 15 is 0 Å². The fraction of sp³-hybridized carbons (Fsp3) is 0.125. The number of hydrogen-bond donors (Lipinski definition) is 2. The van der Waals surface area contributed by atoms with Gasteiger partial charge in [-0.3, -0.25) is 0 Å². The lowest BCUT2D eigenvalue weighted by molar-refractivity contribution is 0.403. The van der Waals surface area contributed by atoms with Crippen LogP contribution in [-0.4, -0.2) is 10.2 Å². The van der Waals surface area contributed by atoms with E-state index in [2.05, 4.69) is 0 Å². The van der Waals surface area contributed by atoms with Gasteiger partial charge in [0.2, 0.25) is 0 Å². The molecule has 4 heteroatoms. The van der Waals surface area contributed by atoms with Gasteiger partial charge in [0.25, 0.3) is 0 Å². The van der Waals surface area contributed by atoms with Gasteiger partial charge in [0, 0.05) is 0 Å². The second-order valence-corrected chi connectivity index (χ2v) is 2.74. The Labute approximate surface area is 74.4 Å². The summed E-state index contributed by atoms with van der Waals surface area (Å²) in [4.78, 5) is 0. The largest absolute Gasteiger partial charge is 0.504 e. The highest BCUT2D eigenvalue weighted by atomic mass is 35.5. The van der Waals surface area contributed by atoms with Crippen LogP contribution >= 0.6 is 11.6 Å². The van der Waals surface area contributed by atoms with Gasteiger partial charge < -0.3 is 10.2 Å². The summed E-state index contributed by atoms with van der Waals surface area (Å²) >= 11 is 5.57. The predicted octanol–water partition coefficient (Wildman–Crippen LogP) is 1.93. The van der Waals surface area contributed by atoms with Crippen LogP contribution in [0.4, 0.5) is 0 Å². The molecule has 62 valence electrons. The lowest BCUT2D eigenvalue weighted by Gasteiger charge is -2.04. The maximum Gasteiger partial charge on any atom is 0.177 e. The molecule has 0 amide bonds. The van der Waals surface area contributed by atoms with Crippen LogP contribution in [0, 0.1) is 18.3 Å². The predicted molar refractivity (Wildman–Crippen MR) is 44.2 cm³/mol. The Morgan fingerprint density at radius 1 is 1.50 bits per heavy atom. The van der Waals surface area contributed by atoms with Gasteiger partial charge in [-0.1, -0.05) is 11.6 Å². The van der Waals surface area contributed by atoms with Gasteiger partial charge >= 0.3 is 0 Å². The normalized spacial score (nSPS) is 9.42. The van der Waals surface area contributed by atoms with Crippen molar-refractivity contribution in [3.8, 4) is 17.6 Å². The molecule has 12 heavy (non-hydrogen) atoms. The summed E-state index contributed by atoms with van der Waals surface area (Å²) in [6, 6.07) is 3.12. The molecular weight excluding hydrogens is 178 g/mol.